The highest BCUT2D eigenvalue weighted by Crippen LogP contribution is 2.30. The molecule has 0 aliphatic carbocycles. The highest BCUT2D eigenvalue weighted by atomic mass is 16.5. The zero-order chi connectivity index (χ0) is 15.7. The van der Waals surface area contributed by atoms with Gasteiger partial charge in [-0.3, -0.25) is 9.59 Å². The third kappa shape index (κ3) is 2.66. The summed E-state index contributed by atoms with van der Waals surface area (Å²) in [6, 6.07) is 7.40. The minimum atomic E-state index is -0.604. The SMILES string of the molecule is CC1(C)NC(=O)c2ccccc2N1CC(=O)N1CCOCC1. The average Bonchev–Trinajstić information content (AvgIpc) is 2.51. The lowest BCUT2D eigenvalue weighted by molar-refractivity contribution is -0.134. The maximum Gasteiger partial charge on any atom is 0.255 e. The van der Waals surface area contributed by atoms with Crippen LogP contribution in [0.25, 0.3) is 0 Å². The number of morpholine rings is 1. The molecule has 0 aromatic heterocycles. The Morgan fingerprint density at radius 2 is 1.95 bits per heavy atom. The molecule has 22 heavy (non-hydrogen) atoms. The molecule has 6 heteroatoms. The molecule has 2 aliphatic rings. The van der Waals surface area contributed by atoms with E-state index in [-0.39, 0.29) is 18.4 Å². The molecule has 0 unspecified atom stereocenters. The first-order valence-corrected chi connectivity index (χ1v) is 7.54. The third-order valence-corrected chi connectivity index (χ3v) is 4.19. The summed E-state index contributed by atoms with van der Waals surface area (Å²) in [5.41, 5.74) is 0.808. The molecule has 0 radical (unpaired) electrons. The lowest BCUT2D eigenvalue weighted by Gasteiger charge is -2.45. The number of hydrogen-bond donors (Lipinski definition) is 1. The molecule has 1 fully saturated rings. The van der Waals surface area contributed by atoms with Crippen LogP contribution in [0.1, 0.15) is 24.2 Å². The number of amides is 2. The van der Waals surface area contributed by atoms with E-state index in [2.05, 4.69) is 5.32 Å². The summed E-state index contributed by atoms with van der Waals surface area (Å²) < 4.78 is 5.29. The first kappa shape index (κ1) is 14.8. The van der Waals surface area contributed by atoms with Crippen molar-refractivity contribution in [1.29, 1.82) is 0 Å². The van der Waals surface area contributed by atoms with Crippen molar-refractivity contribution in [3.8, 4) is 0 Å². The first-order valence-electron chi connectivity index (χ1n) is 7.54. The molecule has 3 rings (SSSR count). The highest BCUT2D eigenvalue weighted by Gasteiger charge is 2.38. The van der Waals surface area contributed by atoms with Gasteiger partial charge in [0.05, 0.1) is 31.0 Å². The fourth-order valence-corrected chi connectivity index (χ4v) is 2.95. The van der Waals surface area contributed by atoms with Crippen LogP contribution in [-0.4, -0.2) is 55.2 Å². The molecule has 2 heterocycles. The number of rotatable bonds is 2. The molecule has 2 aliphatic heterocycles. The molecule has 6 nitrogen and oxygen atoms in total. The van der Waals surface area contributed by atoms with Gasteiger partial charge in [0, 0.05) is 13.1 Å². The van der Waals surface area contributed by atoms with E-state index in [0.717, 1.165) is 5.69 Å². The van der Waals surface area contributed by atoms with E-state index in [1.54, 1.807) is 6.07 Å². The number of carbonyl (C=O) groups excluding carboxylic acids is 2. The molecule has 2 amide bonds. The van der Waals surface area contributed by atoms with E-state index in [4.69, 9.17) is 4.74 Å². The van der Waals surface area contributed by atoms with Crippen molar-refractivity contribution in [2.24, 2.45) is 0 Å². The molecule has 1 aromatic carbocycles. The Bertz CT molecular complexity index is 594. The summed E-state index contributed by atoms with van der Waals surface area (Å²) in [4.78, 5) is 28.5. The zero-order valence-electron chi connectivity index (χ0n) is 13.0. The number of ether oxygens (including phenoxy) is 1. The van der Waals surface area contributed by atoms with Crippen LogP contribution in [0.5, 0.6) is 0 Å². The summed E-state index contributed by atoms with van der Waals surface area (Å²) in [5.74, 6) is -0.0435. The summed E-state index contributed by atoms with van der Waals surface area (Å²) in [5, 5.41) is 2.96. The predicted molar refractivity (Wildman–Crippen MR) is 82.7 cm³/mol. The van der Waals surface area contributed by atoms with Gasteiger partial charge in [0.1, 0.15) is 5.66 Å². The molecule has 0 bridgehead atoms. The lowest BCUT2D eigenvalue weighted by atomic mass is 10.0. The van der Waals surface area contributed by atoms with Gasteiger partial charge >= 0.3 is 0 Å². The smallest absolute Gasteiger partial charge is 0.255 e. The number of anilines is 1. The summed E-state index contributed by atoms with van der Waals surface area (Å²) in [6.07, 6.45) is 0. The average molecular weight is 303 g/mol. The Morgan fingerprint density at radius 3 is 2.68 bits per heavy atom. The Balaban J connectivity index is 1.86. The van der Waals surface area contributed by atoms with Crippen LogP contribution in [0.2, 0.25) is 0 Å². The quantitative estimate of drug-likeness (QED) is 0.879. The predicted octanol–water partition coefficient (Wildman–Crippen LogP) is 0.831. The van der Waals surface area contributed by atoms with E-state index in [0.29, 0.717) is 31.9 Å². The Morgan fingerprint density at radius 1 is 1.27 bits per heavy atom. The highest BCUT2D eigenvalue weighted by molar-refractivity contribution is 6.03. The molecule has 1 saturated heterocycles. The van der Waals surface area contributed by atoms with Crippen molar-refractivity contribution in [2.75, 3.05) is 37.7 Å². The van der Waals surface area contributed by atoms with Gasteiger partial charge in [0.15, 0.2) is 0 Å². The second kappa shape index (κ2) is 5.61. The maximum absolute atomic E-state index is 12.6. The molecular formula is C16H21N3O3. The van der Waals surface area contributed by atoms with Crippen molar-refractivity contribution < 1.29 is 14.3 Å². The first-order chi connectivity index (χ1) is 10.5. The van der Waals surface area contributed by atoms with Gasteiger partial charge in [-0.2, -0.15) is 0 Å². The number of nitrogens with zero attached hydrogens (tertiary/aromatic N) is 2. The monoisotopic (exact) mass is 303 g/mol. The molecule has 0 spiro atoms. The van der Waals surface area contributed by atoms with E-state index in [1.165, 1.54) is 0 Å². The molecule has 0 atom stereocenters. The zero-order valence-corrected chi connectivity index (χ0v) is 13.0. The Labute approximate surface area is 130 Å². The largest absolute Gasteiger partial charge is 0.378 e. The van der Waals surface area contributed by atoms with Gasteiger partial charge in [0.2, 0.25) is 5.91 Å². The van der Waals surface area contributed by atoms with Gasteiger partial charge in [-0.05, 0) is 26.0 Å². The van der Waals surface area contributed by atoms with Crippen LogP contribution in [0.15, 0.2) is 24.3 Å². The van der Waals surface area contributed by atoms with Crippen LogP contribution < -0.4 is 10.2 Å². The van der Waals surface area contributed by atoms with Crippen LogP contribution in [0, 0.1) is 0 Å². The Hall–Kier alpha value is -2.08. The molecule has 118 valence electrons. The number of para-hydroxylation sites is 1. The van der Waals surface area contributed by atoms with Crippen LogP contribution in [0.3, 0.4) is 0 Å². The molecular weight excluding hydrogens is 282 g/mol. The lowest BCUT2D eigenvalue weighted by Crippen LogP contribution is -2.62. The standard InChI is InChI=1S/C16H21N3O3/c1-16(2)17-15(21)12-5-3-4-6-13(12)19(16)11-14(20)18-7-9-22-10-8-18/h3-6H,7-11H2,1-2H3,(H,17,21). The van der Waals surface area contributed by atoms with Gasteiger partial charge in [-0.25, -0.2) is 0 Å². The Kier molecular flexibility index (Phi) is 3.78. The van der Waals surface area contributed by atoms with Crippen LogP contribution >= 0.6 is 0 Å². The number of fused-ring (bicyclic) bond motifs is 1. The number of nitrogens with one attached hydrogen (secondary N) is 1. The molecule has 1 aromatic rings. The second-order valence-electron chi connectivity index (χ2n) is 6.11. The second-order valence-corrected chi connectivity index (χ2v) is 6.11. The van der Waals surface area contributed by atoms with E-state index in [1.807, 2.05) is 41.8 Å². The molecule has 0 saturated carbocycles. The summed E-state index contributed by atoms with van der Waals surface area (Å²) in [6.45, 7) is 6.48. The van der Waals surface area contributed by atoms with E-state index >= 15 is 0 Å². The van der Waals surface area contributed by atoms with Crippen LogP contribution in [0.4, 0.5) is 5.69 Å². The van der Waals surface area contributed by atoms with Crippen molar-refractivity contribution in [2.45, 2.75) is 19.5 Å². The number of carbonyl (C=O) groups is 2. The van der Waals surface area contributed by atoms with Gasteiger partial charge < -0.3 is 19.9 Å². The maximum atomic E-state index is 12.6. The van der Waals surface area contributed by atoms with Crippen molar-refractivity contribution >= 4 is 17.5 Å². The summed E-state index contributed by atoms with van der Waals surface area (Å²) in [7, 11) is 0. The van der Waals surface area contributed by atoms with E-state index < -0.39 is 5.66 Å². The van der Waals surface area contributed by atoms with Gasteiger partial charge in [-0.15, -0.1) is 0 Å². The number of benzene rings is 1. The van der Waals surface area contributed by atoms with Gasteiger partial charge in [0.25, 0.3) is 5.91 Å². The third-order valence-electron chi connectivity index (χ3n) is 4.19. The minimum Gasteiger partial charge on any atom is -0.378 e. The fraction of sp³-hybridized carbons (Fsp3) is 0.500. The number of hydrogen-bond acceptors (Lipinski definition) is 4. The fourth-order valence-electron chi connectivity index (χ4n) is 2.95. The normalized spacial score (nSPS) is 20.4. The summed E-state index contributed by atoms with van der Waals surface area (Å²) >= 11 is 0. The topological polar surface area (TPSA) is 61.9 Å². The van der Waals surface area contributed by atoms with E-state index in [9.17, 15) is 9.59 Å². The van der Waals surface area contributed by atoms with Gasteiger partial charge in [-0.1, -0.05) is 12.1 Å². The minimum absolute atomic E-state index is 0.0577. The van der Waals surface area contributed by atoms with Crippen LogP contribution in [-0.2, 0) is 9.53 Å². The molecule has 1 N–H and O–H groups in total. The van der Waals surface area contributed by atoms with Crippen molar-refractivity contribution in [1.82, 2.24) is 10.2 Å². The van der Waals surface area contributed by atoms with Crippen molar-refractivity contribution in [3.05, 3.63) is 29.8 Å². The van der Waals surface area contributed by atoms with Crippen molar-refractivity contribution in [3.63, 3.8) is 0 Å².